The van der Waals surface area contributed by atoms with Crippen LogP contribution in [0.4, 0.5) is 0 Å². The van der Waals surface area contributed by atoms with Crippen LogP contribution in [0.5, 0.6) is 0 Å². The van der Waals surface area contributed by atoms with Crippen LogP contribution in [0.15, 0.2) is 40.9 Å². The van der Waals surface area contributed by atoms with E-state index in [1.165, 1.54) is 9.13 Å². The molecule has 1 unspecified atom stereocenters. The minimum atomic E-state index is 0.0283. The second-order valence-electron chi connectivity index (χ2n) is 4.72. The lowest BCUT2D eigenvalue weighted by Crippen LogP contribution is -2.24. The highest BCUT2D eigenvalue weighted by atomic mass is 127. The summed E-state index contributed by atoms with van der Waals surface area (Å²) in [7, 11) is 0. The zero-order valence-corrected chi connectivity index (χ0v) is 16.7. The van der Waals surface area contributed by atoms with Crippen molar-refractivity contribution < 1.29 is 0 Å². The van der Waals surface area contributed by atoms with Gasteiger partial charge in [-0.25, -0.2) is 0 Å². The third-order valence-electron chi connectivity index (χ3n) is 3.14. The van der Waals surface area contributed by atoms with Gasteiger partial charge < -0.3 is 5.32 Å². The maximum Gasteiger partial charge on any atom is 0.0602 e. The molecular formula is C16H15BrCl2IN. The van der Waals surface area contributed by atoms with Crippen LogP contribution in [0.25, 0.3) is 0 Å². The zero-order chi connectivity index (χ0) is 15.4. The standard InChI is InChI=1S/C16H15BrCl2IN/c1-2-7-21-16(12-9-11(18)4-5-14(12)19)13-8-10(17)3-6-15(13)20/h3-6,8-9,16,21H,2,7H2,1H3. The molecule has 112 valence electrons. The molecule has 5 heteroatoms. The third kappa shape index (κ3) is 4.58. The molecule has 0 saturated carbocycles. The molecule has 0 heterocycles. The first-order valence-electron chi connectivity index (χ1n) is 6.66. The molecule has 0 fully saturated rings. The first-order chi connectivity index (χ1) is 10.0. The zero-order valence-electron chi connectivity index (χ0n) is 11.5. The van der Waals surface area contributed by atoms with Gasteiger partial charge in [0.1, 0.15) is 0 Å². The van der Waals surface area contributed by atoms with Crippen molar-refractivity contribution in [3.8, 4) is 0 Å². The molecule has 0 spiro atoms. The van der Waals surface area contributed by atoms with Gasteiger partial charge in [-0.15, -0.1) is 0 Å². The van der Waals surface area contributed by atoms with Crippen molar-refractivity contribution in [3.63, 3.8) is 0 Å². The smallest absolute Gasteiger partial charge is 0.0602 e. The lowest BCUT2D eigenvalue weighted by Gasteiger charge is -2.22. The molecule has 0 amide bonds. The number of halogens is 4. The van der Waals surface area contributed by atoms with Crippen LogP contribution in [0.1, 0.15) is 30.5 Å². The Morgan fingerprint density at radius 1 is 1.14 bits per heavy atom. The average Bonchev–Trinajstić information content (AvgIpc) is 2.46. The molecule has 2 rings (SSSR count). The fraction of sp³-hybridized carbons (Fsp3) is 0.250. The molecule has 0 bridgehead atoms. The topological polar surface area (TPSA) is 12.0 Å². The Labute approximate surface area is 157 Å². The summed E-state index contributed by atoms with van der Waals surface area (Å²) in [5, 5.41) is 4.99. The van der Waals surface area contributed by atoms with Crippen LogP contribution in [0, 0.1) is 3.57 Å². The Balaban J connectivity index is 2.52. The van der Waals surface area contributed by atoms with E-state index in [1.807, 2.05) is 24.3 Å². The minimum absolute atomic E-state index is 0.0283. The van der Waals surface area contributed by atoms with Gasteiger partial charge >= 0.3 is 0 Å². The summed E-state index contributed by atoms with van der Waals surface area (Å²) < 4.78 is 2.25. The van der Waals surface area contributed by atoms with E-state index < -0.39 is 0 Å². The van der Waals surface area contributed by atoms with Crippen molar-refractivity contribution in [2.24, 2.45) is 0 Å². The normalized spacial score (nSPS) is 12.4. The second-order valence-corrected chi connectivity index (χ2v) is 7.64. The van der Waals surface area contributed by atoms with Crippen molar-refractivity contribution in [2.45, 2.75) is 19.4 Å². The minimum Gasteiger partial charge on any atom is -0.306 e. The molecule has 0 aromatic heterocycles. The maximum atomic E-state index is 6.40. The van der Waals surface area contributed by atoms with Gasteiger partial charge in [-0.2, -0.15) is 0 Å². The van der Waals surface area contributed by atoms with Crippen LogP contribution in [0.3, 0.4) is 0 Å². The molecular weight excluding hydrogens is 484 g/mol. The highest BCUT2D eigenvalue weighted by Crippen LogP contribution is 2.34. The Bertz CT molecular complexity index is 582. The molecule has 1 N–H and O–H groups in total. The fourth-order valence-corrected chi connectivity index (χ4v) is 3.58. The predicted octanol–water partition coefficient (Wildman–Crippen LogP) is 6.45. The second kappa shape index (κ2) is 8.16. The van der Waals surface area contributed by atoms with E-state index in [4.69, 9.17) is 23.2 Å². The Morgan fingerprint density at radius 2 is 1.90 bits per heavy atom. The molecule has 1 atom stereocenters. The van der Waals surface area contributed by atoms with E-state index in [-0.39, 0.29) is 6.04 Å². The van der Waals surface area contributed by atoms with Crippen LogP contribution >= 0.6 is 61.7 Å². The fourth-order valence-electron chi connectivity index (χ4n) is 2.15. The number of hydrogen-bond donors (Lipinski definition) is 1. The summed E-state index contributed by atoms with van der Waals surface area (Å²) >= 11 is 18.5. The van der Waals surface area contributed by atoms with Crippen molar-refractivity contribution in [2.75, 3.05) is 6.54 Å². The van der Waals surface area contributed by atoms with Gasteiger partial charge in [0, 0.05) is 18.1 Å². The van der Waals surface area contributed by atoms with Gasteiger partial charge in [-0.1, -0.05) is 46.1 Å². The van der Waals surface area contributed by atoms with Crippen LogP contribution in [-0.4, -0.2) is 6.54 Å². The Kier molecular flexibility index (Phi) is 6.81. The van der Waals surface area contributed by atoms with Crippen LogP contribution in [-0.2, 0) is 0 Å². The highest BCUT2D eigenvalue weighted by Gasteiger charge is 2.19. The van der Waals surface area contributed by atoms with E-state index in [1.54, 1.807) is 0 Å². The Hall–Kier alpha value is 0.190. The van der Waals surface area contributed by atoms with Gasteiger partial charge in [0.2, 0.25) is 0 Å². The summed E-state index contributed by atoms with van der Waals surface area (Å²) in [6, 6.07) is 11.9. The summed E-state index contributed by atoms with van der Waals surface area (Å²) in [4.78, 5) is 0. The molecule has 0 aliphatic rings. The molecule has 0 aliphatic heterocycles. The lowest BCUT2D eigenvalue weighted by molar-refractivity contribution is 0.596. The van der Waals surface area contributed by atoms with Crippen molar-refractivity contribution in [1.82, 2.24) is 5.32 Å². The predicted molar refractivity (Wildman–Crippen MR) is 103 cm³/mol. The van der Waals surface area contributed by atoms with Gasteiger partial charge in [0.05, 0.1) is 6.04 Å². The number of benzene rings is 2. The number of rotatable bonds is 5. The molecule has 2 aromatic carbocycles. The number of hydrogen-bond acceptors (Lipinski definition) is 1. The maximum absolute atomic E-state index is 6.40. The van der Waals surface area contributed by atoms with E-state index in [0.717, 1.165) is 28.0 Å². The first-order valence-corrected chi connectivity index (χ1v) is 9.29. The molecule has 0 aliphatic carbocycles. The first kappa shape index (κ1) is 17.5. The summed E-state index contributed by atoms with van der Waals surface area (Å²) in [6.45, 7) is 3.06. The highest BCUT2D eigenvalue weighted by molar-refractivity contribution is 14.1. The Morgan fingerprint density at radius 3 is 2.62 bits per heavy atom. The number of nitrogens with one attached hydrogen (secondary N) is 1. The summed E-state index contributed by atoms with van der Waals surface area (Å²) in [6.07, 6.45) is 1.05. The van der Waals surface area contributed by atoms with Gasteiger partial charge in [-0.05, 0) is 83.1 Å². The third-order valence-corrected chi connectivity index (χ3v) is 5.19. The SMILES string of the molecule is CCCNC(c1cc(Cl)ccc1Cl)c1cc(Br)ccc1I. The van der Waals surface area contributed by atoms with E-state index in [0.29, 0.717) is 5.02 Å². The average molecular weight is 499 g/mol. The van der Waals surface area contributed by atoms with Crippen molar-refractivity contribution in [1.29, 1.82) is 0 Å². The van der Waals surface area contributed by atoms with Crippen molar-refractivity contribution >= 4 is 61.7 Å². The molecule has 1 nitrogen and oxygen atoms in total. The van der Waals surface area contributed by atoms with Gasteiger partial charge in [0.25, 0.3) is 0 Å². The summed E-state index contributed by atoms with van der Waals surface area (Å²) in [5.74, 6) is 0. The van der Waals surface area contributed by atoms with E-state index in [2.05, 4.69) is 62.9 Å². The molecule has 2 aromatic rings. The van der Waals surface area contributed by atoms with Crippen LogP contribution in [0.2, 0.25) is 10.0 Å². The van der Waals surface area contributed by atoms with Crippen LogP contribution < -0.4 is 5.32 Å². The van der Waals surface area contributed by atoms with Gasteiger partial charge in [0.15, 0.2) is 0 Å². The molecule has 0 radical (unpaired) electrons. The molecule has 0 saturated heterocycles. The molecule has 21 heavy (non-hydrogen) atoms. The van der Waals surface area contributed by atoms with Gasteiger partial charge in [-0.3, -0.25) is 0 Å². The largest absolute Gasteiger partial charge is 0.306 e. The quantitative estimate of drug-likeness (QED) is 0.467. The van der Waals surface area contributed by atoms with Crippen molar-refractivity contribution in [3.05, 3.63) is 65.6 Å². The monoisotopic (exact) mass is 497 g/mol. The van der Waals surface area contributed by atoms with E-state index in [9.17, 15) is 0 Å². The summed E-state index contributed by atoms with van der Waals surface area (Å²) in [5.41, 5.74) is 2.20. The van der Waals surface area contributed by atoms with E-state index >= 15 is 0 Å². The lowest BCUT2D eigenvalue weighted by atomic mass is 9.98.